The smallest absolute Gasteiger partial charge is 0.478 e. The zero-order chi connectivity index (χ0) is 52.4. The highest BCUT2D eigenvalue weighted by Gasteiger charge is 2.49. The Morgan fingerprint density at radius 2 is 1.49 bits per heavy atom. The monoisotopic (exact) mass is 1090 g/mol. The van der Waals surface area contributed by atoms with Gasteiger partial charge in [-0.15, -0.1) is 11.8 Å². The first-order valence-electron chi connectivity index (χ1n) is 24.3. The number of aromatic nitrogens is 1. The van der Waals surface area contributed by atoms with Crippen LogP contribution in [0.5, 0.6) is 0 Å². The maximum absolute atomic E-state index is 14.9. The molecule has 0 bridgehead atoms. The third-order valence-electron chi connectivity index (χ3n) is 13.6. The first kappa shape index (κ1) is 53.0. The van der Waals surface area contributed by atoms with Gasteiger partial charge in [-0.2, -0.15) is 13.2 Å². The number of alkyl halides is 3. The molecule has 2 fully saturated rings. The minimum Gasteiger partial charge on any atom is -0.478 e. The molecule has 4 heterocycles. The fourth-order valence-electron chi connectivity index (χ4n) is 9.86. The van der Waals surface area contributed by atoms with Gasteiger partial charge in [0.05, 0.1) is 41.2 Å². The lowest BCUT2D eigenvalue weighted by atomic mass is 9.96. The molecule has 2 N–H and O–H groups in total. The van der Waals surface area contributed by atoms with Gasteiger partial charge in [0.2, 0.25) is 0 Å². The molecule has 1 unspecified atom stereocenters. The predicted octanol–water partition coefficient (Wildman–Crippen LogP) is 11.8. The van der Waals surface area contributed by atoms with Crippen LogP contribution in [-0.2, 0) is 23.7 Å². The number of anilines is 4. The van der Waals surface area contributed by atoms with Crippen molar-refractivity contribution in [2.45, 2.75) is 54.6 Å². The molecule has 0 amide bonds. The summed E-state index contributed by atoms with van der Waals surface area (Å²) in [4.78, 5) is 19.5. The fraction of sp³-hybridized carbons (Fsp3) is 0.315. The van der Waals surface area contributed by atoms with Crippen LogP contribution in [0.3, 0.4) is 0 Å². The van der Waals surface area contributed by atoms with Crippen LogP contribution >= 0.6 is 30.9 Å². The molecule has 0 spiro atoms. The molecular formula is C54H57ClF3N6O7PS2. The van der Waals surface area contributed by atoms with E-state index in [4.69, 9.17) is 20.9 Å². The van der Waals surface area contributed by atoms with Crippen molar-refractivity contribution in [1.82, 2.24) is 9.47 Å². The molecule has 2 atom stereocenters. The molecule has 0 saturated carbocycles. The van der Waals surface area contributed by atoms with Crippen LogP contribution < -0.4 is 25.1 Å². The second kappa shape index (κ2) is 22.1. The molecule has 5 aromatic carbocycles. The van der Waals surface area contributed by atoms with E-state index in [1.165, 1.54) is 41.0 Å². The van der Waals surface area contributed by atoms with Crippen LogP contribution in [-0.4, -0.2) is 105 Å². The highest BCUT2D eigenvalue weighted by Crippen LogP contribution is 2.57. The maximum atomic E-state index is 14.9. The van der Waals surface area contributed by atoms with Crippen LogP contribution in [0.25, 0.3) is 22.4 Å². The third-order valence-corrected chi connectivity index (χ3v) is 18.8. The lowest BCUT2D eigenvalue weighted by Gasteiger charge is -2.37. The molecule has 74 heavy (non-hydrogen) atoms. The maximum Gasteiger partial charge on any atom is 0.501 e. The summed E-state index contributed by atoms with van der Waals surface area (Å²) in [6.45, 7) is 11.7. The quantitative estimate of drug-likeness (QED) is 0.0663. The Balaban J connectivity index is 0.925. The summed E-state index contributed by atoms with van der Waals surface area (Å²) in [7, 11) is -10.2. The van der Waals surface area contributed by atoms with Crippen molar-refractivity contribution >= 4 is 74.7 Å². The number of aromatic carboxylic acids is 1. The number of ether oxygens (including phenoxy) is 1. The van der Waals surface area contributed by atoms with E-state index in [9.17, 15) is 36.1 Å². The molecule has 9 rings (SSSR count). The minimum atomic E-state index is -5.94. The number of carbonyl (C=O) groups is 1. The minimum absolute atomic E-state index is 0.0196. The number of piperazine rings is 1. The number of hydrogen-bond acceptors (Lipinski definition) is 11. The topological polar surface area (TPSA) is 137 Å². The summed E-state index contributed by atoms with van der Waals surface area (Å²) in [5.41, 5.74) is 0.359. The molecule has 2 saturated heterocycles. The number of rotatable bonds is 17. The van der Waals surface area contributed by atoms with Crippen LogP contribution in [0.4, 0.5) is 35.9 Å². The van der Waals surface area contributed by atoms with Crippen molar-refractivity contribution in [3.8, 4) is 22.4 Å². The number of carboxylic acids is 1. The van der Waals surface area contributed by atoms with Gasteiger partial charge in [0.15, 0.2) is 0 Å². The summed E-state index contributed by atoms with van der Waals surface area (Å²) < 4.78 is 99.7. The van der Waals surface area contributed by atoms with E-state index < -0.39 is 39.8 Å². The standard InChI is InChI=1S/C54H57ClF3N6O7PS2/c1-37(2)64-38(3)50(53(65)66)51(52(64)39-12-14-41(55)15-13-39)40-8-7-9-45(34-40)62-26-24-61(25-27-62)43-16-18-44(19-17-43)63-30-33-71-72(63,67)46-20-21-48(49(35-46)74(68,69)54(56,57)58)59-42(22-23-60-28-31-70-32-29-60)36-73-47-10-5-4-6-11-47/h4-21,30,33-35,37,42,59H,22-29,31-32,36H2,1-3H3,(H,65,66)/t42?,72-/m1/s1. The van der Waals surface area contributed by atoms with Crippen LogP contribution in [0.1, 0.15) is 42.4 Å². The lowest BCUT2D eigenvalue weighted by molar-refractivity contribution is -0.0435. The van der Waals surface area contributed by atoms with Gasteiger partial charge in [-0.1, -0.05) is 54.1 Å². The molecule has 3 aliphatic heterocycles. The van der Waals surface area contributed by atoms with Gasteiger partial charge in [0, 0.05) is 102 Å². The van der Waals surface area contributed by atoms with E-state index in [1.54, 1.807) is 24.3 Å². The summed E-state index contributed by atoms with van der Waals surface area (Å²) in [5, 5.41) is 14.1. The number of nitrogens with zero attached hydrogens (tertiary/aromatic N) is 5. The van der Waals surface area contributed by atoms with E-state index in [2.05, 4.69) is 24.6 Å². The number of thioether (sulfide) groups is 1. The second-order valence-electron chi connectivity index (χ2n) is 18.6. The van der Waals surface area contributed by atoms with Gasteiger partial charge in [-0.3, -0.25) is 9.57 Å². The Bertz CT molecular complexity index is 3170. The average molecular weight is 1090 g/mol. The SMILES string of the molecule is Cc1c(C(=O)O)c(-c2cccc(N3CCN(c4ccc(N5C=CO[P@]5(=O)c5ccc(NC(CCN6CCOCC6)CSc6ccccc6)c(S(=O)(=O)C(F)(F)F)c5)cc4)CC3)c2)c(-c2ccc(Cl)cc2)n1C(C)C. The normalized spacial score (nSPS) is 18.0. The summed E-state index contributed by atoms with van der Waals surface area (Å²) in [6, 6.07) is 35.1. The van der Waals surface area contributed by atoms with Gasteiger partial charge in [0.25, 0.3) is 9.84 Å². The Morgan fingerprint density at radius 1 is 0.824 bits per heavy atom. The number of nitrogens with one attached hydrogen (secondary N) is 1. The number of sulfone groups is 1. The molecule has 3 aliphatic rings. The largest absolute Gasteiger partial charge is 0.501 e. The molecule has 20 heteroatoms. The predicted molar refractivity (Wildman–Crippen MR) is 289 cm³/mol. The Hall–Kier alpha value is -5.88. The average Bonchev–Trinajstić information content (AvgIpc) is 3.95. The number of halogens is 4. The third kappa shape index (κ3) is 11.1. The van der Waals surface area contributed by atoms with E-state index >= 15 is 0 Å². The van der Waals surface area contributed by atoms with Crippen molar-refractivity contribution in [2.24, 2.45) is 0 Å². The Morgan fingerprint density at radius 3 is 2.14 bits per heavy atom. The fourth-order valence-corrected chi connectivity index (χ4v) is 13.9. The number of carboxylic acid groups (broad SMARTS) is 1. The van der Waals surface area contributed by atoms with Crippen LogP contribution in [0.15, 0.2) is 144 Å². The van der Waals surface area contributed by atoms with Gasteiger partial charge >= 0.3 is 19.0 Å². The van der Waals surface area contributed by atoms with Crippen LogP contribution in [0, 0.1) is 6.92 Å². The highest BCUT2D eigenvalue weighted by atomic mass is 35.5. The van der Waals surface area contributed by atoms with Crippen molar-refractivity contribution in [2.75, 3.05) is 84.6 Å². The molecule has 6 aromatic rings. The number of benzene rings is 5. The van der Waals surface area contributed by atoms with Crippen molar-refractivity contribution in [1.29, 1.82) is 0 Å². The molecule has 1 aromatic heterocycles. The molecule has 13 nitrogen and oxygen atoms in total. The van der Waals surface area contributed by atoms with Gasteiger partial charge in [0.1, 0.15) is 11.2 Å². The molecule has 390 valence electrons. The van der Waals surface area contributed by atoms with E-state index in [0.29, 0.717) is 93.2 Å². The van der Waals surface area contributed by atoms with Gasteiger partial charge < -0.3 is 34.1 Å². The molecule has 0 aliphatic carbocycles. The van der Waals surface area contributed by atoms with Crippen molar-refractivity contribution in [3.63, 3.8) is 0 Å². The van der Waals surface area contributed by atoms with Gasteiger partial charge in [-0.25, -0.2) is 17.8 Å². The van der Waals surface area contributed by atoms with Gasteiger partial charge in [-0.05, 0) is 117 Å². The van der Waals surface area contributed by atoms with E-state index in [0.717, 1.165) is 39.2 Å². The second-order valence-corrected chi connectivity index (χ2v) is 24.2. The summed E-state index contributed by atoms with van der Waals surface area (Å²) >= 11 is 7.78. The Labute approximate surface area is 438 Å². The van der Waals surface area contributed by atoms with Crippen LogP contribution in [0.2, 0.25) is 5.02 Å². The first-order chi connectivity index (χ1) is 35.4. The molecular weight excluding hydrogens is 1030 g/mol. The summed E-state index contributed by atoms with van der Waals surface area (Å²) in [6.07, 6.45) is 3.12. The first-order valence-corrected chi connectivity index (χ1v) is 28.7. The molecule has 0 radical (unpaired) electrons. The highest BCUT2D eigenvalue weighted by molar-refractivity contribution is 7.99. The number of hydrogen-bond donors (Lipinski definition) is 2. The van der Waals surface area contributed by atoms with E-state index in [1.807, 2.05) is 99.6 Å². The van der Waals surface area contributed by atoms with Crippen molar-refractivity contribution in [3.05, 3.63) is 150 Å². The summed E-state index contributed by atoms with van der Waals surface area (Å²) in [5.74, 6) is -0.576. The Kier molecular flexibility index (Phi) is 15.8. The number of morpholine rings is 1. The van der Waals surface area contributed by atoms with E-state index in [-0.39, 0.29) is 22.6 Å². The zero-order valence-corrected chi connectivity index (χ0v) is 44.3. The lowest BCUT2D eigenvalue weighted by Crippen LogP contribution is -2.46. The van der Waals surface area contributed by atoms with Crippen molar-refractivity contribution < 1.29 is 45.3 Å². The zero-order valence-electron chi connectivity index (χ0n) is 41.0.